The van der Waals surface area contributed by atoms with Gasteiger partial charge in [-0.15, -0.1) is 11.6 Å². The number of nitrogens with one attached hydrogen (secondary N) is 1. The Balaban J connectivity index is 2.39. The van der Waals surface area contributed by atoms with Crippen LogP contribution in [0, 0.1) is 0 Å². The molecule has 0 aliphatic carbocycles. The Morgan fingerprint density at radius 3 is 2.40 bits per heavy atom. The van der Waals surface area contributed by atoms with Gasteiger partial charge in [0.25, 0.3) is 10.0 Å². The average molecular weight is 322 g/mol. The Kier molecular flexibility index (Phi) is 3.92. The molecule has 1 aromatic rings. The molecular weight excluding hydrogens is 302 g/mol. The Bertz CT molecular complexity index is 579. The van der Waals surface area contributed by atoms with E-state index in [1.54, 1.807) is 0 Å². The molecule has 1 aliphatic heterocycles. The van der Waals surface area contributed by atoms with Crippen LogP contribution >= 0.6 is 11.6 Å². The predicted molar refractivity (Wildman–Crippen MR) is 76.1 cm³/mol. The first-order valence-electron chi connectivity index (χ1n) is 6.36. The molecule has 6 nitrogen and oxygen atoms in total. The number of alkyl halides is 1. The SMILES string of the molecule is CC1(C)CN(S(=O)(=O)c2[nH]ncc2CCl)CC(C)(C)O1. The van der Waals surface area contributed by atoms with Crippen molar-refractivity contribution in [2.45, 2.75) is 49.8 Å². The highest BCUT2D eigenvalue weighted by Crippen LogP contribution is 2.32. The van der Waals surface area contributed by atoms with E-state index < -0.39 is 21.2 Å². The summed E-state index contributed by atoms with van der Waals surface area (Å²) in [5.74, 6) is 0.0994. The molecule has 114 valence electrons. The predicted octanol–water partition coefficient (Wildman–Crippen LogP) is 1.73. The smallest absolute Gasteiger partial charge is 0.260 e. The minimum Gasteiger partial charge on any atom is -0.367 e. The molecule has 0 aromatic carbocycles. The molecule has 1 aliphatic rings. The maximum absolute atomic E-state index is 12.7. The number of aromatic nitrogens is 2. The number of rotatable bonds is 3. The summed E-state index contributed by atoms with van der Waals surface area (Å²) in [4.78, 5) is 0. The zero-order valence-electron chi connectivity index (χ0n) is 12.1. The molecule has 1 aromatic heterocycles. The Labute approximate surface area is 124 Å². The molecular formula is C12H20ClN3O3S. The van der Waals surface area contributed by atoms with Crippen LogP contribution in [0.4, 0.5) is 0 Å². The third kappa shape index (κ3) is 3.00. The minimum atomic E-state index is -3.65. The lowest BCUT2D eigenvalue weighted by atomic mass is 10.0. The number of H-pyrrole nitrogens is 1. The summed E-state index contributed by atoms with van der Waals surface area (Å²) in [7, 11) is -3.65. The number of nitrogens with zero attached hydrogens (tertiary/aromatic N) is 2. The van der Waals surface area contributed by atoms with Crippen LogP contribution in [0.25, 0.3) is 0 Å². The van der Waals surface area contributed by atoms with E-state index in [1.807, 2.05) is 27.7 Å². The molecule has 1 N–H and O–H groups in total. The zero-order chi connectivity index (χ0) is 15.2. The van der Waals surface area contributed by atoms with Crippen molar-refractivity contribution in [3.63, 3.8) is 0 Å². The van der Waals surface area contributed by atoms with Gasteiger partial charge in [0.05, 0.1) is 23.3 Å². The van der Waals surface area contributed by atoms with Crippen LogP contribution in [-0.2, 0) is 20.6 Å². The number of aromatic amines is 1. The highest BCUT2D eigenvalue weighted by Gasteiger charge is 2.44. The monoisotopic (exact) mass is 321 g/mol. The van der Waals surface area contributed by atoms with Crippen molar-refractivity contribution in [1.29, 1.82) is 0 Å². The zero-order valence-corrected chi connectivity index (χ0v) is 13.7. The maximum atomic E-state index is 12.7. The van der Waals surface area contributed by atoms with Crippen LogP contribution < -0.4 is 0 Å². The van der Waals surface area contributed by atoms with Gasteiger partial charge in [0.1, 0.15) is 0 Å². The number of hydrogen-bond donors (Lipinski definition) is 1. The van der Waals surface area contributed by atoms with Crippen molar-refractivity contribution in [2.24, 2.45) is 0 Å². The van der Waals surface area contributed by atoms with Crippen LogP contribution in [0.2, 0.25) is 0 Å². The van der Waals surface area contributed by atoms with E-state index in [2.05, 4.69) is 10.2 Å². The van der Waals surface area contributed by atoms with Crippen molar-refractivity contribution in [3.05, 3.63) is 11.8 Å². The Hall–Kier alpha value is -0.630. The largest absolute Gasteiger partial charge is 0.367 e. The summed E-state index contributed by atoms with van der Waals surface area (Å²) < 4.78 is 32.8. The van der Waals surface area contributed by atoms with Crippen LogP contribution in [0.15, 0.2) is 11.2 Å². The van der Waals surface area contributed by atoms with Crippen molar-refractivity contribution >= 4 is 21.6 Å². The Morgan fingerprint density at radius 1 is 1.35 bits per heavy atom. The lowest BCUT2D eigenvalue weighted by Gasteiger charge is -2.46. The average Bonchev–Trinajstić information content (AvgIpc) is 2.73. The van der Waals surface area contributed by atoms with E-state index in [4.69, 9.17) is 16.3 Å². The van der Waals surface area contributed by atoms with Crippen LogP contribution in [0.1, 0.15) is 33.3 Å². The molecule has 2 heterocycles. The summed E-state index contributed by atoms with van der Waals surface area (Å²) in [5.41, 5.74) is -0.611. The molecule has 0 bridgehead atoms. The molecule has 0 spiro atoms. The molecule has 0 atom stereocenters. The summed E-state index contributed by atoms with van der Waals surface area (Å²) in [6, 6.07) is 0. The van der Waals surface area contributed by atoms with Gasteiger partial charge in [-0.3, -0.25) is 5.10 Å². The standard InChI is InChI=1S/C12H20ClN3O3S/c1-11(2)7-16(8-12(3,4)19-11)20(17,18)10-9(5-13)6-14-15-10/h6H,5,7-8H2,1-4H3,(H,14,15). The molecule has 1 saturated heterocycles. The first-order chi connectivity index (χ1) is 9.07. The van der Waals surface area contributed by atoms with Crippen LogP contribution in [0.3, 0.4) is 0 Å². The van der Waals surface area contributed by atoms with Gasteiger partial charge in [-0.2, -0.15) is 9.40 Å². The third-order valence-corrected chi connectivity index (χ3v) is 5.18. The van der Waals surface area contributed by atoms with E-state index in [0.717, 1.165) is 0 Å². The lowest BCUT2D eigenvalue weighted by molar-refractivity contribution is -0.164. The molecule has 0 radical (unpaired) electrons. The second-order valence-electron chi connectivity index (χ2n) is 6.25. The normalized spacial score (nSPS) is 22.9. The van der Waals surface area contributed by atoms with E-state index in [1.165, 1.54) is 10.5 Å². The number of halogens is 1. The van der Waals surface area contributed by atoms with Crippen molar-refractivity contribution in [1.82, 2.24) is 14.5 Å². The number of morpholine rings is 1. The van der Waals surface area contributed by atoms with Crippen LogP contribution in [0.5, 0.6) is 0 Å². The maximum Gasteiger partial charge on any atom is 0.260 e. The second-order valence-corrected chi connectivity index (χ2v) is 8.39. The molecule has 1 fully saturated rings. The fraction of sp³-hybridized carbons (Fsp3) is 0.750. The number of sulfonamides is 1. The lowest BCUT2D eigenvalue weighted by Crippen LogP contribution is -2.58. The molecule has 2 rings (SSSR count). The number of ether oxygens (including phenoxy) is 1. The first kappa shape index (κ1) is 15.8. The minimum absolute atomic E-state index is 0.0704. The quantitative estimate of drug-likeness (QED) is 0.860. The van der Waals surface area contributed by atoms with Gasteiger partial charge in [-0.1, -0.05) is 0 Å². The molecule has 8 heteroatoms. The highest BCUT2D eigenvalue weighted by atomic mass is 35.5. The number of hydrogen-bond acceptors (Lipinski definition) is 4. The molecule has 0 amide bonds. The topological polar surface area (TPSA) is 75.3 Å². The second kappa shape index (κ2) is 4.98. The van der Waals surface area contributed by atoms with Gasteiger partial charge in [-0.05, 0) is 27.7 Å². The van der Waals surface area contributed by atoms with Crippen LogP contribution in [-0.4, -0.2) is 47.2 Å². The van der Waals surface area contributed by atoms with Gasteiger partial charge in [0.2, 0.25) is 0 Å². The van der Waals surface area contributed by atoms with Gasteiger partial charge in [0, 0.05) is 18.7 Å². The van der Waals surface area contributed by atoms with Gasteiger partial charge >= 0.3 is 0 Å². The third-order valence-electron chi connectivity index (χ3n) is 3.09. The van der Waals surface area contributed by atoms with Crippen molar-refractivity contribution < 1.29 is 13.2 Å². The molecule has 0 saturated carbocycles. The summed E-state index contributed by atoms with van der Waals surface area (Å²) in [6.07, 6.45) is 1.44. The van der Waals surface area contributed by atoms with Gasteiger partial charge < -0.3 is 4.74 Å². The van der Waals surface area contributed by atoms with Gasteiger partial charge in [0.15, 0.2) is 5.03 Å². The molecule has 20 heavy (non-hydrogen) atoms. The van der Waals surface area contributed by atoms with E-state index >= 15 is 0 Å². The van der Waals surface area contributed by atoms with Crippen molar-refractivity contribution in [3.8, 4) is 0 Å². The fourth-order valence-corrected chi connectivity index (χ4v) is 4.76. The Morgan fingerprint density at radius 2 is 1.90 bits per heavy atom. The van der Waals surface area contributed by atoms with Gasteiger partial charge in [-0.25, -0.2) is 8.42 Å². The summed E-state index contributed by atoms with van der Waals surface area (Å²) >= 11 is 5.76. The van der Waals surface area contributed by atoms with E-state index in [0.29, 0.717) is 18.7 Å². The highest BCUT2D eigenvalue weighted by molar-refractivity contribution is 7.89. The van der Waals surface area contributed by atoms with E-state index in [-0.39, 0.29) is 10.9 Å². The molecule has 0 unspecified atom stereocenters. The first-order valence-corrected chi connectivity index (χ1v) is 8.33. The van der Waals surface area contributed by atoms with Crippen molar-refractivity contribution in [2.75, 3.05) is 13.1 Å². The fourth-order valence-electron chi connectivity index (χ4n) is 2.63. The summed E-state index contributed by atoms with van der Waals surface area (Å²) in [5, 5.41) is 6.39. The summed E-state index contributed by atoms with van der Waals surface area (Å²) in [6.45, 7) is 8.11. The van der Waals surface area contributed by atoms with E-state index in [9.17, 15) is 8.42 Å².